The van der Waals surface area contributed by atoms with E-state index >= 15 is 0 Å². The molecule has 71 heavy (non-hydrogen) atoms. The van der Waals surface area contributed by atoms with Crippen molar-refractivity contribution >= 4 is 44.6 Å². The van der Waals surface area contributed by atoms with Crippen molar-refractivity contribution in [1.82, 2.24) is 9.55 Å². The van der Waals surface area contributed by atoms with Crippen LogP contribution >= 0.6 is 0 Å². The molecule has 5 nitrogen and oxygen atoms in total. The minimum absolute atomic E-state index is 0. The Morgan fingerprint density at radius 2 is 1.21 bits per heavy atom. The van der Waals surface area contributed by atoms with E-state index in [1.165, 1.54) is 10.6 Å². The number of rotatable bonds is 9. The number of nitrogens with zero attached hydrogens (tertiary/aromatic N) is 4. The Balaban J connectivity index is 0.00000820. The van der Waals surface area contributed by atoms with Gasteiger partial charge in [0.2, 0.25) is 0 Å². The van der Waals surface area contributed by atoms with E-state index < -0.39 is 78.1 Å². The van der Waals surface area contributed by atoms with Crippen molar-refractivity contribution in [1.29, 1.82) is 0 Å². The molecule has 10 aromatic rings. The Labute approximate surface area is 454 Å². The molecule has 0 saturated carbocycles. The quantitative estimate of drug-likeness (QED) is 0.135. The predicted octanol–water partition coefficient (Wildman–Crippen LogP) is 17.2. The molecule has 0 N–H and O–H groups in total. The van der Waals surface area contributed by atoms with Crippen LogP contribution in [-0.4, -0.2) is 9.55 Å². The number of anilines is 4. The molecule has 3 heterocycles. The third-order valence-corrected chi connectivity index (χ3v) is 12.9. The molecular weight excluding hydrogens is 1050 g/mol. The maximum atomic E-state index is 9.74. The average molecular weight is 1120 g/mol. The zero-order valence-electron chi connectivity index (χ0n) is 55.4. The van der Waals surface area contributed by atoms with Gasteiger partial charge in [0.15, 0.2) is 0 Å². The number of ether oxygens (including phenoxy) is 1. The van der Waals surface area contributed by atoms with Gasteiger partial charge in [-0.25, -0.2) is 4.98 Å². The van der Waals surface area contributed by atoms with Gasteiger partial charge in [0.1, 0.15) is 5.82 Å². The molecule has 0 fully saturated rings. The largest absolute Gasteiger partial charge is 0.509 e. The molecule has 1 aliphatic rings. The number of pyridine rings is 1. The normalized spacial score (nSPS) is 15.8. The van der Waals surface area contributed by atoms with Gasteiger partial charge in [-0.15, -0.1) is 48.0 Å². The molecule has 11 rings (SSSR count). The summed E-state index contributed by atoms with van der Waals surface area (Å²) >= 11 is 0. The fourth-order valence-electron chi connectivity index (χ4n) is 8.96. The number of hydrogen-bond acceptors (Lipinski definition) is 4. The molecule has 2 aromatic heterocycles. The maximum Gasteiger partial charge on any atom is 0.135 e. The first-order valence-electron chi connectivity index (χ1n) is 30.6. The van der Waals surface area contributed by atoms with Crippen molar-refractivity contribution in [3.8, 4) is 39.6 Å². The summed E-state index contributed by atoms with van der Waals surface area (Å²) in [6.07, 6.45) is -0.482. The van der Waals surface area contributed by atoms with Crippen molar-refractivity contribution in [2.24, 2.45) is 0 Å². The van der Waals surface area contributed by atoms with Crippen LogP contribution in [0.4, 0.5) is 22.7 Å². The Morgan fingerprint density at radius 1 is 0.549 bits per heavy atom. The minimum atomic E-state index is -1.02. The van der Waals surface area contributed by atoms with E-state index in [2.05, 4.69) is 76.9 Å². The van der Waals surface area contributed by atoms with E-state index in [0.29, 0.717) is 28.2 Å². The van der Waals surface area contributed by atoms with Gasteiger partial charge in [-0.2, -0.15) is 12.1 Å². The van der Waals surface area contributed by atoms with Gasteiger partial charge in [0.25, 0.3) is 0 Å². The van der Waals surface area contributed by atoms with E-state index in [1.807, 2.05) is 67.3 Å². The molecule has 0 spiro atoms. The maximum absolute atomic E-state index is 9.74. The Kier molecular flexibility index (Phi) is 8.51. The third-order valence-electron chi connectivity index (χ3n) is 12.9. The first-order chi connectivity index (χ1) is 39.9. The second-order valence-electron chi connectivity index (χ2n) is 19.9. The van der Waals surface area contributed by atoms with E-state index in [0.717, 1.165) is 22.3 Å². The van der Waals surface area contributed by atoms with E-state index in [1.54, 1.807) is 41.9 Å². The topological polar surface area (TPSA) is 33.5 Å². The molecule has 0 amide bonds. The zero-order chi connectivity index (χ0) is 61.4. The number of benzene rings is 8. The van der Waals surface area contributed by atoms with Crippen LogP contribution in [0.5, 0.6) is 11.5 Å². The van der Waals surface area contributed by atoms with Gasteiger partial charge in [0.05, 0.1) is 16.4 Å². The third kappa shape index (κ3) is 8.87. The number of fused-ring (bicyclic) bond motifs is 4. The molecule has 0 bridgehead atoms. The summed E-state index contributed by atoms with van der Waals surface area (Å²) in [7, 11) is 0. The monoisotopic (exact) mass is 1120 g/mol. The minimum Gasteiger partial charge on any atom is -0.509 e. The number of para-hydroxylation sites is 4. The molecule has 0 saturated heterocycles. The first-order valence-corrected chi connectivity index (χ1v) is 23.1. The van der Waals surface area contributed by atoms with Gasteiger partial charge in [0, 0.05) is 79.2 Å². The zero-order valence-corrected chi connectivity index (χ0v) is 42.7. The van der Waals surface area contributed by atoms with Crippen molar-refractivity contribution in [2.45, 2.75) is 71.6 Å². The summed E-state index contributed by atoms with van der Waals surface area (Å²) in [5, 5.41) is 0.323. The van der Waals surface area contributed by atoms with Gasteiger partial charge in [-0.05, 0) is 82.6 Å². The molecule has 0 aliphatic carbocycles. The van der Waals surface area contributed by atoms with Crippen LogP contribution in [0.15, 0.2) is 194 Å². The van der Waals surface area contributed by atoms with Crippen molar-refractivity contribution < 1.29 is 46.4 Å². The van der Waals surface area contributed by atoms with E-state index in [4.69, 9.17) is 15.7 Å². The average Bonchev–Trinajstić information content (AvgIpc) is 1.68. The van der Waals surface area contributed by atoms with Crippen LogP contribution in [0.3, 0.4) is 0 Å². The summed E-state index contributed by atoms with van der Waals surface area (Å²) in [4.78, 5) is 7.90. The summed E-state index contributed by atoms with van der Waals surface area (Å²) in [6.45, 7) is 18.1. The molecule has 6 heteroatoms. The van der Waals surface area contributed by atoms with Crippen LogP contribution in [0, 0.1) is 18.8 Å². The standard InChI is InChI=1S/C65H57N4O.Pt/c1-63(2,3)48-37-45(38-49(39-48)64(4,5)6)54-29-20-28-53(44-21-11-9-12-22-44)62(54)68-43-67(58-31-17-18-32-59(58)68)50-25-19-26-51(41-50)70-52-33-34-56-55-27-15-16-30-57(55)69(60(56)42-52)61-40-47(35-36-66-61)65(7,8)46-23-13-10-14-24-46;/h9-40,43H,1-8H3;/q-3;/i9D,11D,12D,15D,16D,19D,21D,22D,25D,26D,27D,30D,35D,36D,40D;. The van der Waals surface area contributed by atoms with Crippen LogP contribution in [0.1, 0.15) is 98.2 Å². The smallest absolute Gasteiger partial charge is 0.135 e. The van der Waals surface area contributed by atoms with Crippen molar-refractivity contribution in [2.75, 3.05) is 9.80 Å². The molecule has 356 valence electrons. The fraction of sp³-hybridized carbons (Fsp3) is 0.169. The summed E-state index contributed by atoms with van der Waals surface area (Å²) < 4.78 is 144. The van der Waals surface area contributed by atoms with E-state index in [9.17, 15) is 9.60 Å². The van der Waals surface area contributed by atoms with Crippen LogP contribution in [0.2, 0.25) is 0 Å². The SMILES string of the molecule is [2H]c1nc(-n2c3[c-]c(Oc4[c-]c(N5[CH-]N(c6c(-c7cc(C(C)(C)C)cc(C(C)(C)C)c7)cccc6-c6c([2H])c([2H])c([2H])c([2H])c6[2H])c6ccccc65)c([2H])c([2H])c4[2H])ccc3c3c([2H])c([2H])c([2H])c([2H])c32)c([2H])c(C(C)(C)c2ccccc2)c1[2H].[Pt]. The molecule has 0 unspecified atom stereocenters. The summed E-state index contributed by atoms with van der Waals surface area (Å²) in [6, 6.07) is 31.3. The molecule has 0 radical (unpaired) electrons. The molecule has 8 aromatic carbocycles. The van der Waals surface area contributed by atoms with E-state index in [-0.39, 0.29) is 106 Å². The van der Waals surface area contributed by atoms with Crippen LogP contribution in [0.25, 0.3) is 49.9 Å². The van der Waals surface area contributed by atoms with Crippen LogP contribution < -0.4 is 14.5 Å². The van der Waals surface area contributed by atoms with Crippen molar-refractivity contribution in [3.05, 3.63) is 235 Å². The second kappa shape index (κ2) is 18.5. The Hall–Kier alpha value is -7.20. The van der Waals surface area contributed by atoms with Gasteiger partial charge < -0.3 is 19.1 Å². The second-order valence-corrected chi connectivity index (χ2v) is 19.9. The summed E-state index contributed by atoms with van der Waals surface area (Å²) in [5.41, 5.74) is 4.57. The fourth-order valence-corrected chi connectivity index (χ4v) is 8.96. The van der Waals surface area contributed by atoms with Gasteiger partial charge >= 0.3 is 0 Å². The summed E-state index contributed by atoms with van der Waals surface area (Å²) in [5.74, 6) is -0.605. The number of aromatic nitrogens is 2. The van der Waals surface area contributed by atoms with Gasteiger partial charge in [-0.1, -0.05) is 188 Å². The number of hydrogen-bond donors (Lipinski definition) is 0. The molecule has 0 atom stereocenters. The first kappa shape index (κ1) is 32.6. The predicted molar refractivity (Wildman–Crippen MR) is 291 cm³/mol. The molecule has 1 aliphatic heterocycles. The Bertz CT molecular complexity index is 4400. The van der Waals surface area contributed by atoms with Crippen molar-refractivity contribution in [3.63, 3.8) is 0 Å². The van der Waals surface area contributed by atoms with Crippen LogP contribution in [-0.2, 0) is 37.3 Å². The Morgan fingerprint density at radius 3 is 1.93 bits per heavy atom. The molecular formula is C65H57N4OPt-3. The van der Waals surface area contributed by atoms with Gasteiger partial charge in [-0.3, -0.25) is 0 Å².